The molecular formula is C6H10N2O3. The molecule has 0 aromatic carbocycles. The van der Waals surface area contributed by atoms with Gasteiger partial charge >= 0.3 is 6.03 Å². The first-order valence-corrected chi connectivity index (χ1v) is 3.39. The molecule has 0 aliphatic carbocycles. The summed E-state index contributed by atoms with van der Waals surface area (Å²) in [5.41, 5.74) is -1.09. The van der Waals surface area contributed by atoms with Crippen molar-refractivity contribution in [1.82, 2.24) is 10.6 Å². The van der Waals surface area contributed by atoms with Crippen LogP contribution in [0.3, 0.4) is 0 Å². The van der Waals surface area contributed by atoms with Gasteiger partial charge in [0.15, 0.2) is 0 Å². The fourth-order valence-electron chi connectivity index (χ4n) is 1.00. The van der Waals surface area contributed by atoms with E-state index < -0.39 is 17.5 Å². The van der Waals surface area contributed by atoms with Crippen LogP contribution in [0.25, 0.3) is 0 Å². The second-order valence-electron chi connectivity index (χ2n) is 2.50. The van der Waals surface area contributed by atoms with Crippen LogP contribution in [-0.4, -0.2) is 29.2 Å². The van der Waals surface area contributed by atoms with Gasteiger partial charge in [-0.2, -0.15) is 0 Å². The van der Waals surface area contributed by atoms with E-state index in [0.29, 0.717) is 6.42 Å². The summed E-state index contributed by atoms with van der Waals surface area (Å²) in [5, 5.41) is 13.3. The molecule has 1 aliphatic heterocycles. The van der Waals surface area contributed by atoms with Gasteiger partial charge in [-0.25, -0.2) is 4.79 Å². The van der Waals surface area contributed by atoms with Gasteiger partial charge in [0.2, 0.25) is 0 Å². The molecule has 0 radical (unpaired) electrons. The van der Waals surface area contributed by atoms with Crippen molar-refractivity contribution >= 4 is 11.9 Å². The summed E-state index contributed by atoms with van der Waals surface area (Å²) in [5.74, 6) is -0.451. The first-order valence-electron chi connectivity index (χ1n) is 3.39. The van der Waals surface area contributed by atoms with Crippen molar-refractivity contribution in [3.8, 4) is 0 Å². The number of nitrogens with one attached hydrogen (secondary N) is 2. The lowest BCUT2D eigenvalue weighted by Crippen LogP contribution is -2.49. The fraction of sp³-hybridized carbons (Fsp3) is 0.667. The Labute approximate surface area is 63.8 Å². The zero-order chi connectivity index (χ0) is 8.48. The summed E-state index contributed by atoms with van der Waals surface area (Å²) in [6.45, 7) is 1.36. The van der Waals surface area contributed by atoms with Gasteiger partial charge in [-0.15, -0.1) is 0 Å². The monoisotopic (exact) mass is 158 g/mol. The van der Waals surface area contributed by atoms with Crippen LogP contribution < -0.4 is 10.6 Å². The number of amides is 3. The second kappa shape index (κ2) is 2.50. The largest absolute Gasteiger partial charge is 0.393 e. The number of carbonyl (C=O) groups excluding carboxylic acids is 2. The molecule has 0 saturated carbocycles. The highest BCUT2D eigenvalue weighted by atomic mass is 16.3. The van der Waals surface area contributed by atoms with Crippen molar-refractivity contribution in [2.75, 3.05) is 6.61 Å². The third-order valence-corrected chi connectivity index (χ3v) is 1.89. The van der Waals surface area contributed by atoms with Crippen LogP contribution in [0.4, 0.5) is 4.79 Å². The molecule has 11 heavy (non-hydrogen) atoms. The standard InChI is InChI=1S/C6H10N2O3/c1-2-6(3-9)4(10)7-5(11)8-6/h9H,2-3H2,1H3,(H2,7,8,10,11)/t6-/m0/s1. The minimum Gasteiger partial charge on any atom is -0.393 e. The third kappa shape index (κ3) is 1.07. The highest BCUT2D eigenvalue weighted by Gasteiger charge is 2.43. The number of urea groups is 1. The first-order chi connectivity index (χ1) is 5.14. The highest BCUT2D eigenvalue weighted by molar-refractivity contribution is 6.07. The normalized spacial score (nSPS) is 30.0. The van der Waals surface area contributed by atoms with E-state index in [1.54, 1.807) is 6.92 Å². The molecule has 0 aromatic rings. The molecule has 62 valence electrons. The van der Waals surface area contributed by atoms with Crippen LogP contribution in [0.1, 0.15) is 13.3 Å². The second-order valence-corrected chi connectivity index (χ2v) is 2.50. The van der Waals surface area contributed by atoms with E-state index in [1.807, 2.05) is 0 Å². The smallest absolute Gasteiger partial charge is 0.322 e. The van der Waals surface area contributed by atoms with E-state index in [9.17, 15) is 9.59 Å². The average Bonchev–Trinajstić information content (AvgIpc) is 2.27. The minimum absolute atomic E-state index is 0.360. The maximum atomic E-state index is 11.0. The van der Waals surface area contributed by atoms with Gasteiger partial charge in [-0.1, -0.05) is 6.92 Å². The molecule has 1 aliphatic rings. The van der Waals surface area contributed by atoms with Crippen molar-refractivity contribution in [1.29, 1.82) is 0 Å². The van der Waals surface area contributed by atoms with Crippen LogP contribution in [0.5, 0.6) is 0 Å². The molecule has 0 unspecified atom stereocenters. The van der Waals surface area contributed by atoms with Gasteiger partial charge in [0.05, 0.1) is 6.61 Å². The molecule has 1 fully saturated rings. The number of rotatable bonds is 2. The molecule has 1 atom stereocenters. The van der Waals surface area contributed by atoms with E-state index in [4.69, 9.17) is 5.11 Å². The molecule has 1 heterocycles. The van der Waals surface area contributed by atoms with E-state index >= 15 is 0 Å². The van der Waals surface area contributed by atoms with Crippen LogP contribution in [0.2, 0.25) is 0 Å². The molecule has 0 bridgehead atoms. The zero-order valence-electron chi connectivity index (χ0n) is 6.18. The van der Waals surface area contributed by atoms with Gasteiger partial charge in [-0.05, 0) is 6.42 Å². The predicted octanol–water partition coefficient (Wildman–Crippen LogP) is -1.03. The molecule has 1 saturated heterocycles. The van der Waals surface area contributed by atoms with Crippen LogP contribution in [-0.2, 0) is 4.79 Å². The average molecular weight is 158 g/mol. The van der Waals surface area contributed by atoms with Gasteiger partial charge in [-0.3, -0.25) is 10.1 Å². The predicted molar refractivity (Wildman–Crippen MR) is 36.8 cm³/mol. The summed E-state index contributed by atoms with van der Waals surface area (Å²) in [6.07, 6.45) is 0.390. The molecule has 5 heteroatoms. The molecule has 1 rings (SSSR count). The van der Waals surface area contributed by atoms with Crippen LogP contribution in [0.15, 0.2) is 0 Å². The van der Waals surface area contributed by atoms with Gasteiger partial charge in [0.1, 0.15) is 5.54 Å². The molecule has 3 N–H and O–H groups in total. The van der Waals surface area contributed by atoms with Crippen molar-refractivity contribution in [2.24, 2.45) is 0 Å². The number of carbonyl (C=O) groups is 2. The van der Waals surface area contributed by atoms with Crippen LogP contribution >= 0.6 is 0 Å². The van der Waals surface area contributed by atoms with Crippen molar-refractivity contribution in [3.05, 3.63) is 0 Å². The van der Waals surface area contributed by atoms with E-state index in [-0.39, 0.29) is 6.61 Å². The SMILES string of the molecule is CC[C@@]1(CO)NC(=O)NC1=O. The van der Waals surface area contributed by atoms with Gasteiger partial charge in [0.25, 0.3) is 5.91 Å². The molecule has 0 aromatic heterocycles. The van der Waals surface area contributed by atoms with Crippen LogP contribution in [0, 0.1) is 0 Å². The molecule has 5 nitrogen and oxygen atoms in total. The summed E-state index contributed by atoms with van der Waals surface area (Å²) in [4.78, 5) is 21.6. The molecule has 3 amide bonds. The van der Waals surface area contributed by atoms with E-state index in [0.717, 1.165) is 0 Å². The Bertz CT molecular complexity index is 198. The number of hydrogen-bond donors (Lipinski definition) is 3. The van der Waals surface area contributed by atoms with Crippen molar-refractivity contribution < 1.29 is 14.7 Å². The fourth-order valence-corrected chi connectivity index (χ4v) is 1.00. The third-order valence-electron chi connectivity index (χ3n) is 1.89. The highest BCUT2D eigenvalue weighted by Crippen LogP contribution is 2.13. The summed E-state index contributed by atoms with van der Waals surface area (Å²) in [7, 11) is 0. The van der Waals surface area contributed by atoms with Gasteiger partial charge in [0, 0.05) is 0 Å². The Kier molecular flexibility index (Phi) is 1.82. The lowest BCUT2D eigenvalue weighted by atomic mass is 9.98. The van der Waals surface area contributed by atoms with E-state index in [1.165, 1.54) is 0 Å². The van der Waals surface area contributed by atoms with Gasteiger partial charge < -0.3 is 10.4 Å². The Hall–Kier alpha value is -1.10. The van der Waals surface area contributed by atoms with Crippen molar-refractivity contribution in [3.63, 3.8) is 0 Å². The summed E-state index contributed by atoms with van der Waals surface area (Å²) in [6, 6.07) is -0.536. The summed E-state index contributed by atoms with van der Waals surface area (Å²) < 4.78 is 0. The number of aliphatic hydroxyl groups excluding tert-OH is 1. The number of hydrogen-bond acceptors (Lipinski definition) is 3. The quantitative estimate of drug-likeness (QED) is 0.449. The zero-order valence-corrected chi connectivity index (χ0v) is 6.18. The Morgan fingerprint density at radius 1 is 1.55 bits per heavy atom. The maximum Gasteiger partial charge on any atom is 0.322 e. The molecular weight excluding hydrogens is 148 g/mol. The number of aliphatic hydroxyl groups is 1. The lowest BCUT2D eigenvalue weighted by molar-refractivity contribution is -0.125. The Morgan fingerprint density at radius 3 is 2.36 bits per heavy atom. The van der Waals surface area contributed by atoms with Crippen molar-refractivity contribution in [2.45, 2.75) is 18.9 Å². The Morgan fingerprint density at radius 2 is 2.18 bits per heavy atom. The lowest BCUT2D eigenvalue weighted by Gasteiger charge is -2.20. The Balaban J connectivity index is 2.84. The first kappa shape index (κ1) is 8.00. The maximum absolute atomic E-state index is 11.0. The minimum atomic E-state index is -1.09. The summed E-state index contributed by atoms with van der Waals surface area (Å²) >= 11 is 0. The van der Waals surface area contributed by atoms with E-state index in [2.05, 4.69) is 10.6 Å². The molecule has 0 spiro atoms. The topological polar surface area (TPSA) is 78.4 Å². The number of imide groups is 1.